The number of nitrogens with zero attached hydrogens (tertiary/aromatic N) is 2. The van der Waals surface area contributed by atoms with Gasteiger partial charge in [0.15, 0.2) is 0 Å². The van der Waals surface area contributed by atoms with Crippen molar-refractivity contribution >= 4 is 11.8 Å². The normalized spacial score (nSPS) is 21.3. The number of piperidine rings is 1. The second kappa shape index (κ2) is 10.8. The first kappa shape index (κ1) is 28.9. The van der Waals surface area contributed by atoms with E-state index in [1.807, 2.05) is 30.3 Å². The average Bonchev–Trinajstić information content (AvgIpc) is 3.30. The summed E-state index contributed by atoms with van der Waals surface area (Å²) in [6, 6.07) is 13.1. The van der Waals surface area contributed by atoms with Crippen LogP contribution in [-0.4, -0.2) is 65.3 Å². The Labute approximate surface area is 222 Å². The molecule has 5 nitrogen and oxygen atoms in total. The minimum Gasteiger partial charge on any atom is -0.369 e. The van der Waals surface area contributed by atoms with Crippen LogP contribution in [0, 0.1) is 11.8 Å². The van der Waals surface area contributed by atoms with Crippen LogP contribution in [0.4, 0.5) is 26.3 Å². The van der Waals surface area contributed by atoms with Gasteiger partial charge in [-0.05, 0) is 36.3 Å². The Kier molecular flexibility index (Phi) is 8.03. The summed E-state index contributed by atoms with van der Waals surface area (Å²) in [5.74, 6) is -0.808. The van der Waals surface area contributed by atoms with Crippen molar-refractivity contribution in [3.8, 4) is 0 Å². The number of aliphatic hydroxyl groups is 1. The highest BCUT2D eigenvalue weighted by Crippen LogP contribution is 2.50. The number of hydrogen-bond acceptors (Lipinski definition) is 3. The highest BCUT2D eigenvalue weighted by Gasteiger charge is 2.71. The number of alkyl halides is 6. The summed E-state index contributed by atoms with van der Waals surface area (Å²) in [6.45, 7) is 3.11. The van der Waals surface area contributed by atoms with Gasteiger partial charge in [-0.25, -0.2) is 0 Å². The molecule has 2 atom stereocenters. The predicted octanol–water partition coefficient (Wildman–Crippen LogP) is 5.04. The third kappa shape index (κ3) is 5.78. The van der Waals surface area contributed by atoms with E-state index in [0.29, 0.717) is 56.6 Å². The maximum absolute atomic E-state index is 13.4. The highest BCUT2D eigenvalue weighted by atomic mass is 19.4. The summed E-state index contributed by atoms with van der Waals surface area (Å²) in [6.07, 6.45) is -10.3. The van der Waals surface area contributed by atoms with Crippen molar-refractivity contribution in [1.29, 1.82) is 0 Å². The van der Waals surface area contributed by atoms with Crippen LogP contribution in [0.5, 0.6) is 0 Å². The van der Waals surface area contributed by atoms with Crippen LogP contribution in [0.25, 0.3) is 0 Å². The number of carbonyl (C=O) groups is 2. The second-order valence-electron chi connectivity index (χ2n) is 10.4. The molecule has 2 amide bonds. The second-order valence-corrected chi connectivity index (χ2v) is 10.4. The van der Waals surface area contributed by atoms with Gasteiger partial charge in [-0.1, -0.05) is 54.6 Å². The molecule has 39 heavy (non-hydrogen) atoms. The van der Waals surface area contributed by atoms with E-state index in [0.717, 1.165) is 5.56 Å². The third-order valence-corrected chi connectivity index (χ3v) is 7.96. The maximum atomic E-state index is 13.4. The molecule has 0 aromatic heterocycles. The molecular weight excluding hydrogens is 526 g/mol. The zero-order valence-electron chi connectivity index (χ0n) is 21.3. The van der Waals surface area contributed by atoms with E-state index in [-0.39, 0.29) is 36.1 Å². The number of likely N-dealkylation sites (tertiary alicyclic amines) is 2. The molecule has 0 unspecified atom stereocenters. The van der Waals surface area contributed by atoms with Crippen molar-refractivity contribution in [2.24, 2.45) is 11.8 Å². The predicted molar refractivity (Wildman–Crippen MR) is 130 cm³/mol. The van der Waals surface area contributed by atoms with E-state index < -0.39 is 23.5 Å². The molecule has 2 fully saturated rings. The maximum Gasteiger partial charge on any atom is 0.430 e. The van der Waals surface area contributed by atoms with E-state index >= 15 is 0 Å². The van der Waals surface area contributed by atoms with Gasteiger partial charge < -0.3 is 14.9 Å². The van der Waals surface area contributed by atoms with Crippen molar-refractivity contribution < 1.29 is 41.0 Å². The molecule has 2 heterocycles. The summed E-state index contributed by atoms with van der Waals surface area (Å²) in [5.41, 5.74) is -4.81. The van der Waals surface area contributed by atoms with Gasteiger partial charge in [0.05, 0.1) is 0 Å². The van der Waals surface area contributed by atoms with Crippen molar-refractivity contribution in [2.75, 3.05) is 26.2 Å². The Balaban J connectivity index is 1.58. The first-order valence-corrected chi connectivity index (χ1v) is 12.8. The van der Waals surface area contributed by atoms with Gasteiger partial charge in [0, 0.05) is 50.5 Å². The molecule has 0 saturated carbocycles. The van der Waals surface area contributed by atoms with Crippen molar-refractivity contribution in [3.63, 3.8) is 0 Å². The van der Waals surface area contributed by atoms with E-state index in [1.54, 1.807) is 9.80 Å². The number of halogens is 6. The number of rotatable bonds is 5. The van der Waals surface area contributed by atoms with E-state index in [2.05, 4.69) is 0 Å². The molecule has 1 N–H and O–H groups in total. The highest BCUT2D eigenvalue weighted by molar-refractivity contribution is 5.80. The molecule has 11 heteroatoms. The summed E-state index contributed by atoms with van der Waals surface area (Å²) in [5, 5.41) is 9.74. The molecule has 2 aromatic rings. The summed E-state index contributed by atoms with van der Waals surface area (Å²) < 4.78 is 80.0. The van der Waals surface area contributed by atoms with Crippen LogP contribution in [0.15, 0.2) is 54.6 Å². The number of carbonyl (C=O) groups excluding carboxylic acids is 2. The standard InChI is InChI=1S/C28H30F6N2O3/c1-18(37)35-13-11-21(12-14-35)25(38)36-16-22(15-19-5-3-2-4-6-19)24(17-36)20-7-9-23(10-8-20)26(39,27(29,30)31)28(32,33)34/h2-10,21-22,24,39H,11-17H2,1H3/t22-,24+/m1/s1. The lowest BCUT2D eigenvalue weighted by molar-refractivity contribution is -0.376. The smallest absolute Gasteiger partial charge is 0.369 e. The molecule has 2 aliphatic heterocycles. The minimum atomic E-state index is -5.96. The molecule has 0 bridgehead atoms. The molecule has 2 aromatic carbocycles. The van der Waals surface area contributed by atoms with Gasteiger partial charge in [0.2, 0.25) is 11.8 Å². The Hall–Kier alpha value is -3.08. The van der Waals surface area contributed by atoms with E-state index in [9.17, 15) is 41.0 Å². The van der Waals surface area contributed by atoms with Crippen LogP contribution in [-0.2, 0) is 21.6 Å². The molecule has 0 aliphatic carbocycles. The van der Waals surface area contributed by atoms with Crippen molar-refractivity contribution in [3.05, 3.63) is 71.3 Å². The zero-order chi connectivity index (χ0) is 28.6. The first-order chi connectivity index (χ1) is 18.2. The van der Waals surface area contributed by atoms with Gasteiger partial charge in [-0.2, -0.15) is 26.3 Å². The van der Waals surface area contributed by atoms with Crippen LogP contribution in [0.2, 0.25) is 0 Å². The van der Waals surface area contributed by atoms with Gasteiger partial charge >= 0.3 is 12.4 Å². The Morgan fingerprint density at radius 1 is 0.846 bits per heavy atom. The van der Waals surface area contributed by atoms with Crippen LogP contribution in [0.1, 0.15) is 42.4 Å². The van der Waals surface area contributed by atoms with Crippen LogP contribution in [0.3, 0.4) is 0 Å². The zero-order valence-corrected chi connectivity index (χ0v) is 21.3. The Morgan fingerprint density at radius 2 is 1.41 bits per heavy atom. The summed E-state index contributed by atoms with van der Waals surface area (Å²) >= 11 is 0. The molecular formula is C28H30F6N2O3. The Bertz CT molecular complexity index is 1140. The fourth-order valence-corrected chi connectivity index (χ4v) is 5.71. The van der Waals surface area contributed by atoms with Gasteiger partial charge in [-0.3, -0.25) is 9.59 Å². The molecule has 212 valence electrons. The summed E-state index contributed by atoms with van der Waals surface area (Å²) in [7, 11) is 0. The SMILES string of the molecule is CC(=O)N1CCC(C(=O)N2C[C@@H](Cc3ccccc3)[C@H](c3ccc(C(O)(C(F)(F)F)C(F)(F)F)cc3)C2)CC1. The monoisotopic (exact) mass is 556 g/mol. The summed E-state index contributed by atoms with van der Waals surface area (Å²) in [4.78, 5) is 28.4. The fourth-order valence-electron chi connectivity index (χ4n) is 5.71. The minimum absolute atomic E-state index is 0.0450. The lowest BCUT2D eigenvalue weighted by Crippen LogP contribution is -2.53. The first-order valence-electron chi connectivity index (χ1n) is 12.8. The van der Waals surface area contributed by atoms with E-state index in [1.165, 1.54) is 19.1 Å². The molecule has 4 rings (SSSR count). The van der Waals surface area contributed by atoms with E-state index in [4.69, 9.17) is 0 Å². The quantitative estimate of drug-likeness (QED) is 0.525. The largest absolute Gasteiger partial charge is 0.430 e. The van der Waals surface area contributed by atoms with Gasteiger partial charge in [0.25, 0.3) is 5.60 Å². The lowest BCUT2D eigenvalue weighted by Gasteiger charge is -2.33. The molecule has 0 spiro atoms. The van der Waals surface area contributed by atoms with Gasteiger partial charge in [-0.15, -0.1) is 0 Å². The third-order valence-electron chi connectivity index (χ3n) is 7.96. The van der Waals surface area contributed by atoms with Crippen LogP contribution < -0.4 is 0 Å². The molecule has 2 aliphatic rings. The average molecular weight is 557 g/mol. The Morgan fingerprint density at radius 3 is 1.92 bits per heavy atom. The number of hydrogen-bond donors (Lipinski definition) is 1. The van der Waals surface area contributed by atoms with Crippen LogP contribution >= 0.6 is 0 Å². The van der Waals surface area contributed by atoms with Crippen molar-refractivity contribution in [1.82, 2.24) is 9.80 Å². The lowest BCUT2D eigenvalue weighted by atomic mass is 9.83. The fraction of sp³-hybridized carbons (Fsp3) is 0.500. The van der Waals surface area contributed by atoms with Gasteiger partial charge in [0.1, 0.15) is 0 Å². The number of amides is 2. The topological polar surface area (TPSA) is 60.9 Å². The molecule has 2 saturated heterocycles. The molecule has 0 radical (unpaired) electrons. The number of benzene rings is 2. The van der Waals surface area contributed by atoms with Crippen molar-refractivity contribution in [2.45, 2.75) is 50.1 Å².